The molecule has 1 aromatic heterocycles. The van der Waals surface area contributed by atoms with Crippen LogP contribution >= 0.6 is 0 Å². The van der Waals surface area contributed by atoms with Gasteiger partial charge in [-0.15, -0.1) is 0 Å². The summed E-state index contributed by atoms with van der Waals surface area (Å²) in [4.78, 5) is 4.42. The van der Waals surface area contributed by atoms with E-state index in [1.807, 2.05) is 25.3 Å². The molecule has 0 saturated carbocycles. The minimum Gasteiger partial charge on any atom is -0.399 e. The van der Waals surface area contributed by atoms with Crippen LogP contribution in [0, 0.1) is 6.92 Å². The third kappa shape index (κ3) is 2.13. The topological polar surface area (TPSA) is 31.4 Å². The van der Waals surface area contributed by atoms with Crippen LogP contribution in [0.25, 0.3) is 10.9 Å². The second kappa shape index (κ2) is 4.30. The summed E-state index contributed by atoms with van der Waals surface area (Å²) < 4.78 is 12.2. The number of pyridine rings is 1. The van der Waals surface area contributed by atoms with Gasteiger partial charge in [-0.3, -0.25) is 4.98 Å². The largest absolute Gasteiger partial charge is 0.494 e. The predicted molar refractivity (Wildman–Crippen MR) is 82.2 cm³/mol. The van der Waals surface area contributed by atoms with Gasteiger partial charge in [0, 0.05) is 11.6 Å². The number of aromatic nitrogens is 1. The van der Waals surface area contributed by atoms with Crippen molar-refractivity contribution in [1.82, 2.24) is 4.98 Å². The number of aryl methyl sites for hydroxylation is 1. The van der Waals surface area contributed by atoms with Crippen LogP contribution in [0.15, 0.2) is 30.5 Å². The summed E-state index contributed by atoms with van der Waals surface area (Å²) in [5, 5.41) is 1.12. The van der Waals surface area contributed by atoms with E-state index in [1.165, 1.54) is 0 Å². The Bertz CT molecular complexity index is 651. The van der Waals surface area contributed by atoms with Gasteiger partial charge in [0.25, 0.3) is 0 Å². The highest BCUT2D eigenvalue weighted by Gasteiger charge is 2.51. The van der Waals surface area contributed by atoms with Crippen molar-refractivity contribution in [2.75, 3.05) is 0 Å². The van der Waals surface area contributed by atoms with Crippen LogP contribution in [0.5, 0.6) is 0 Å². The molecule has 1 aliphatic heterocycles. The zero-order chi connectivity index (χ0) is 14.5. The number of hydrogen-bond acceptors (Lipinski definition) is 3. The van der Waals surface area contributed by atoms with Gasteiger partial charge in [0.15, 0.2) is 0 Å². The van der Waals surface area contributed by atoms with Crippen molar-refractivity contribution in [3.63, 3.8) is 0 Å². The van der Waals surface area contributed by atoms with Crippen molar-refractivity contribution in [3.05, 3.63) is 36.0 Å². The summed E-state index contributed by atoms with van der Waals surface area (Å²) in [6.45, 7) is 10.3. The lowest BCUT2D eigenvalue weighted by atomic mass is 9.78. The highest BCUT2D eigenvalue weighted by Crippen LogP contribution is 2.36. The Balaban J connectivity index is 2.00. The molecule has 2 heterocycles. The van der Waals surface area contributed by atoms with Crippen molar-refractivity contribution in [2.45, 2.75) is 45.8 Å². The van der Waals surface area contributed by atoms with Crippen LogP contribution in [0.3, 0.4) is 0 Å². The lowest BCUT2D eigenvalue weighted by Gasteiger charge is -2.32. The van der Waals surface area contributed by atoms with Gasteiger partial charge in [0.2, 0.25) is 0 Å². The zero-order valence-corrected chi connectivity index (χ0v) is 12.7. The SMILES string of the molecule is Cc1cnc2ccc(B3OC(C)(C)C(C)(C)O3)cc2c1. The fraction of sp³-hybridized carbons (Fsp3) is 0.438. The molecule has 1 fully saturated rings. The normalized spacial score (nSPS) is 20.6. The maximum Gasteiger partial charge on any atom is 0.494 e. The second-order valence-electron chi connectivity index (χ2n) is 6.55. The van der Waals surface area contributed by atoms with E-state index < -0.39 is 0 Å². The molecule has 0 radical (unpaired) electrons. The summed E-state index contributed by atoms with van der Waals surface area (Å²) in [5.74, 6) is 0. The molecular formula is C16H20BNO2. The Morgan fingerprint density at radius 3 is 2.30 bits per heavy atom. The van der Waals surface area contributed by atoms with Crippen LogP contribution < -0.4 is 5.46 Å². The molecule has 0 atom stereocenters. The molecule has 2 aromatic rings. The molecule has 0 unspecified atom stereocenters. The van der Waals surface area contributed by atoms with Gasteiger partial charge in [-0.2, -0.15) is 0 Å². The quantitative estimate of drug-likeness (QED) is 0.746. The molecule has 0 N–H and O–H groups in total. The lowest BCUT2D eigenvalue weighted by Crippen LogP contribution is -2.41. The molecular weight excluding hydrogens is 249 g/mol. The highest BCUT2D eigenvalue weighted by molar-refractivity contribution is 6.62. The summed E-state index contributed by atoms with van der Waals surface area (Å²) in [7, 11) is -0.315. The van der Waals surface area contributed by atoms with Gasteiger partial charge in [-0.05, 0) is 57.8 Å². The number of benzene rings is 1. The Hall–Kier alpha value is -1.39. The molecule has 0 spiro atoms. The van der Waals surface area contributed by atoms with Crippen LogP contribution in [0.1, 0.15) is 33.3 Å². The summed E-state index contributed by atoms with van der Waals surface area (Å²) in [5.41, 5.74) is 2.58. The predicted octanol–water partition coefficient (Wildman–Crippen LogP) is 2.84. The van der Waals surface area contributed by atoms with Crippen molar-refractivity contribution in [1.29, 1.82) is 0 Å². The first-order chi connectivity index (χ1) is 9.28. The van der Waals surface area contributed by atoms with Crippen molar-refractivity contribution in [2.24, 2.45) is 0 Å². The minimum absolute atomic E-state index is 0.308. The van der Waals surface area contributed by atoms with Crippen LogP contribution in [-0.2, 0) is 9.31 Å². The van der Waals surface area contributed by atoms with Gasteiger partial charge in [0.05, 0.1) is 16.7 Å². The van der Waals surface area contributed by atoms with Crippen molar-refractivity contribution >= 4 is 23.5 Å². The van der Waals surface area contributed by atoms with Crippen molar-refractivity contribution in [3.8, 4) is 0 Å². The average molecular weight is 269 g/mol. The lowest BCUT2D eigenvalue weighted by molar-refractivity contribution is 0.00578. The molecule has 1 aliphatic rings. The van der Waals surface area contributed by atoms with Crippen LogP contribution in [0.4, 0.5) is 0 Å². The summed E-state index contributed by atoms with van der Waals surface area (Å²) >= 11 is 0. The minimum atomic E-state index is -0.315. The Morgan fingerprint density at radius 2 is 1.65 bits per heavy atom. The van der Waals surface area contributed by atoms with Gasteiger partial charge >= 0.3 is 7.12 Å². The molecule has 4 heteroatoms. The van der Waals surface area contributed by atoms with E-state index in [4.69, 9.17) is 9.31 Å². The van der Waals surface area contributed by atoms with Gasteiger partial charge < -0.3 is 9.31 Å². The fourth-order valence-electron chi connectivity index (χ4n) is 2.39. The van der Waals surface area contributed by atoms with E-state index in [1.54, 1.807) is 0 Å². The number of fused-ring (bicyclic) bond motifs is 1. The highest BCUT2D eigenvalue weighted by atomic mass is 16.7. The van der Waals surface area contributed by atoms with E-state index in [0.29, 0.717) is 0 Å². The van der Waals surface area contributed by atoms with E-state index in [0.717, 1.165) is 21.9 Å². The van der Waals surface area contributed by atoms with E-state index >= 15 is 0 Å². The smallest absolute Gasteiger partial charge is 0.399 e. The monoisotopic (exact) mass is 269 g/mol. The molecule has 20 heavy (non-hydrogen) atoms. The van der Waals surface area contributed by atoms with Crippen LogP contribution in [-0.4, -0.2) is 23.3 Å². The number of nitrogens with zero attached hydrogens (tertiary/aromatic N) is 1. The second-order valence-corrected chi connectivity index (χ2v) is 6.55. The first kappa shape index (κ1) is 13.6. The van der Waals surface area contributed by atoms with E-state index in [9.17, 15) is 0 Å². The number of rotatable bonds is 1. The summed E-state index contributed by atoms with van der Waals surface area (Å²) in [6, 6.07) is 8.30. The van der Waals surface area contributed by atoms with E-state index in [2.05, 4.69) is 44.8 Å². The standard InChI is InChI=1S/C16H20BNO2/c1-11-8-12-9-13(6-7-14(12)18-10-11)17-19-15(2,3)16(4,5)20-17/h6-10H,1-5H3. The molecule has 3 rings (SSSR count). The molecule has 1 aromatic carbocycles. The molecule has 0 bridgehead atoms. The molecule has 1 saturated heterocycles. The van der Waals surface area contributed by atoms with Gasteiger partial charge in [-0.1, -0.05) is 12.1 Å². The fourth-order valence-corrected chi connectivity index (χ4v) is 2.39. The first-order valence-corrected chi connectivity index (χ1v) is 7.00. The maximum atomic E-state index is 6.09. The maximum absolute atomic E-state index is 6.09. The molecule has 0 aliphatic carbocycles. The van der Waals surface area contributed by atoms with Gasteiger partial charge in [-0.25, -0.2) is 0 Å². The number of hydrogen-bond donors (Lipinski definition) is 0. The van der Waals surface area contributed by atoms with Crippen molar-refractivity contribution < 1.29 is 9.31 Å². The molecule has 3 nitrogen and oxygen atoms in total. The zero-order valence-electron chi connectivity index (χ0n) is 12.7. The average Bonchev–Trinajstić information content (AvgIpc) is 2.57. The molecule has 104 valence electrons. The Kier molecular flexibility index (Phi) is 2.92. The van der Waals surface area contributed by atoms with E-state index in [-0.39, 0.29) is 18.3 Å². The third-order valence-electron chi connectivity index (χ3n) is 4.37. The third-order valence-corrected chi connectivity index (χ3v) is 4.37. The summed E-state index contributed by atoms with van der Waals surface area (Å²) in [6.07, 6.45) is 1.89. The molecule has 0 amide bonds. The Morgan fingerprint density at radius 1 is 1.00 bits per heavy atom. The van der Waals surface area contributed by atoms with Crippen LogP contribution in [0.2, 0.25) is 0 Å². The Labute approximate surface area is 120 Å². The van der Waals surface area contributed by atoms with Gasteiger partial charge in [0.1, 0.15) is 0 Å². The first-order valence-electron chi connectivity index (χ1n) is 7.00.